The van der Waals surface area contributed by atoms with Crippen molar-refractivity contribution in [2.24, 2.45) is 0 Å². The molecule has 0 spiro atoms. The maximum absolute atomic E-state index is 5.90. The topological polar surface area (TPSA) is 30.7 Å². The molecule has 0 saturated carbocycles. The van der Waals surface area contributed by atoms with Gasteiger partial charge in [0.15, 0.2) is 5.15 Å². The second-order valence-electron chi connectivity index (χ2n) is 2.78. The second-order valence-corrected chi connectivity index (χ2v) is 3.13. The van der Waals surface area contributed by atoms with Gasteiger partial charge in [0.1, 0.15) is 5.69 Å². The number of aromatic nitrogens is 3. The number of hydrogen-bond acceptors (Lipinski definition) is 2. The lowest BCUT2D eigenvalue weighted by Crippen LogP contribution is -1.95. The normalized spacial score (nSPS) is 10.3. The minimum atomic E-state index is 0.464. The third kappa shape index (κ3) is 1.55. The number of pyridine rings is 1. The van der Waals surface area contributed by atoms with Crippen LogP contribution < -0.4 is 0 Å². The summed E-state index contributed by atoms with van der Waals surface area (Å²) >= 11 is 5.90. The molecule has 13 heavy (non-hydrogen) atoms. The van der Waals surface area contributed by atoms with E-state index in [1.807, 2.05) is 25.3 Å². The molecule has 0 amide bonds. The van der Waals surface area contributed by atoms with Gasteiger partial charge in [0.2, 0.25) is 0 Å². The van der Waals surface area contributed by atoms with Gasteiger partial charge in [-0.3, -0.25) is 0 Å². The van der Waals surface area contributed by atoms with Crippen LogP contribution in [0.2, 0.25) is 5.15 Å². The predicted molar refractivity (Wildman–Crippen MR) is 51.1 cm³/mol. The van der Waals surface area contributed by atoms with Crippen LogP contribution in [0.15, 0.2) is 30.7 Å². The molecule has 2 aromatic heterocycles. The van der Waals surface area contributed by atoms with Crippen LogP contribution in [0.5, 0.6) is 0 Å². The number of hydrogen-bond donors (Lipinski definition) is 0. The zero-order valence-electron chi connectivity index (χ0n) is 7.11. The molecule has 0 aliphatic rings. The van der Waals surface area contributed by atoms with E-state index in [2.05, 4.69) is 10.1 Å². The summed E-state index contributed by atoms with van der Waals surface area (Å²) in [4.78, 5) is 3.97. The van der Waals surface area contributed by atoms with Gasteiger partial charge in [-0.15, -0.1) is 0 Å². The van der Waals surface area contributed by atoms with E-state index in [4.69, 9.17) is 11.6 Å². The molecular weight excluding hydrogens is 186 g/mol. The summed E-state index contributed by atoms with van der Waals surface area (Å²) in [6, 6.07) is 3.71. The van der Waals surface area contributed by atoms with E-state index in [-0.39, 0.29) is 0 Å². The lowest BCUT2D eigenvalue weighted by molar-refractivity contribution is 0.874. The molecule has 0 unspecified atom stereocenters. The van der Waals surface area contributed by atoms with Crippen molar-refractivity contribution < 1.29 is 0 Å². The Labute approximate surface area is 81.0 Å². The summed E-state index contributed by atoms with van der Waals surface area (Å²) in [6.45, 7) is 1.98. The Morgan fingerprint density at radius 3 is 2.92 bits per heavy atom. The van der Waals surface area contributed by atoms with Crippen molar-refractivity contribution in [1.82, 2.24) is 14.8 Å². The molecule has 2 rings (SSSR count). The van der Waals surface area contributed by atoms with Crippen LogP contribution in [0, 0.1) is 6.92 Å². The highest BCUT2D eigenvalue weighted by Crippen LogP contribution is 2.15. The van der Waals surface area contributed by atoms with Gasteiger partial charge in [-0.1, -0.05) is 11.6 Å². The van der Waals surface area contributed by atoms with Crippen molar-refractivity contribution in [3.8, 4) is 5.69 Å². The highest BCUT2D eigenvalue weighted by Gasteiger charge is 2.02. The van der Waals surface area contributed by atoms with Gasteiger partial charge in [-0.25, -0.2) is 9.67 Å². The average Bonchev–Trinajstić information content (AvgIpc) is 2.53. The van der Waals surface area contributed by atoms with Crippen LogP contribution in [-0.4, -0.2) is 14.8 Å². The molecule has 0 aliphatic carbocycles. The Bertz CT molecular complexity index is 422. The van der Waals surface area contributed by atoms with Crippen molar-refractivity contribution in [3.05, 3.63) is 41.4 Å². The molecule has 2 heterocycles. The zero-order chi connectivity index (χ0) is 9.26. The maximum Gasteiger partial charge on any atom is 0.154 e. The molecule has 4 heteroatoms. The van der Waals surface area contributed by atoms with Gasteiger partial charge >= 0.3 is 0 Å². The molecule has 0 aromatic carbocycles. The van der Waals surface area contributed by atoms with Gasteiger partial charge in [-0.05, 0) is 24.6 Å². The summed E-state index contributed by atoms with van der Waals surface area (Å²) < 4.78 is 1.71. The molecule has 0 radical (unpaired) electrons. The molecule has 2 aromatic rings. The van der Waals surface area contributed by atoms with Crippen LogP contribution in [0.4, 0.5) is 0 Å². The minimum Gasteiger partial charge on any atom is -0.242 e. The molecule has 0 saturated heterocycles. The fraction of sp³-hybridized carbons (Fsp3) is 0.111. The standard InChI is InChI=1S/C9H8ClN3/c1-7-5-12-13(6-7)8-3-2-4-11-9(8)10/h2-6H,1H3. The summed E-state index contributed by atoms with van der Waals surface area (Å²) in [7, 11) is 0. The third-order valence-electron chi connectivity index (χ3n) is 1.70. The smallest absolute Gasteiger partial charge is 0.154 e. The first-order valence-corrected chi connectivity index (χ1v) is 4.27. The Morgan fingerprint density at radius 2 is 2.31 bits per heavy atom. The Hall–Kier alpha value is -1.35. The van der Waals surface area contributed by atoms with Crippen molar-refractivity contribution in [1.29, 1.82) is 0 Å². The fourth-order valence-electron chi connectivity index (χ4n) is 1.09. The molecular formula is C9H8ClN3. The molecule has 0 fully saturated rings. The zero-order valence-corrected chi connectivity index (χ0v) is 7.86. The van der Waals surface area contributed by atoms with E-state index >= 15 is 0 Å². The maximum atomic E-state index is 5.90. The number of aryl methyl sites for hydroxylation is 1. The van der Waals surface area contributed by atoms with Crippen molar-refractivity contribution in [2.45, 2.75) is 6.92 Å². The summed E-state index contributed by atoms with van der Waals surface area (Å²) in [5, 5.41) is 4.60. The first kappa shape index (κ1) is 8.26. The van der Waals surface area contributed by atoms with Crippen LogP contribution >= 0.6 is 11.6 Å². The van der Waals surface area contributed by atoms with E-state index < -0.39 is 0 Å². The summed E-state index contributed by atoms with van der Waals surface area (Å²) in [5.41, 5.74) is 1.90. The van der Waals surface area contributed by atoms with Crippen LogP contribution in [0.1, 0.15) is 5.56 Å². The van der Waals surface area contributed by atoms with Gasteiger partial charge in [0.05, 0.1) is 6.20 Å². The SMILES string of the molecule is Cc1cnn(-c2cccnc2Cl)c1. The van der Waals surface area contributed by atoms with E-state index in [0.717, 1.165) is 11.3 Å². The van der Waals surface area contributed by atoms with Crippen LogP contribution in [0.3, 0.4) is 0 Å². The summed E-state index contributed by atoms with van der Waals surface area (Å²) in [6.07, 6.45) is 5.34. The highest BCUT2D eigenvalue weighted by atomic mass is 35.5. The van der Waals surface area contributed by atoms with E-state index in [9.17, 15) is 0 Å². The fourth-order valence-corrected chi connectivity index (χ4v) is 1.30. The van der Waals surface area contributed by atoms with E-state index in [0.29, 0.717) is 5.15 Å². The van der Waals surface area contributed by atoms with Crippen molar-refractivity contribution in [2.75, 3.05) is 0 Å². The van der Waals surface area contributed by atoms with Crippen molar-refractivity contribution >= 4 is 11.6 Å². The van der Waals surface area contributed by atoms with Crippen LogP contribution in [0.25, 0.3) is 5.69 Å². The minimum absolute atomic E-state index is 0.464. The second kappa shape index (κ2) is 3.18. The Morgan fingerprint density at radius 1 is 1.46 bits per heavy atom. The third-order valence-corrected chi connectivity index (χ3v) is 1.99. The van der Waals surface area contributed by atoms with E-state index in [1.54, 1.807) is 17.1 Å². The molecule has 0 atom stereocenters. The number of halogens is 1. The van der Waals surface area contributed by atoms with Gasteiger partial charge in [-0.2, -0.15) is 5.10 Å². The molecule has 0 bridgehead atoms. The predicted octanol–water partition coefficient (Wildman–Crippen LogP) is 2.23. The van der Waals surface area contributed by atoms with Gasteiger partial charge in [0.25, 0.3) is 0 Å². The Kier molecular flexibility index (Phi) is 2.02. The molecule has 66 valence electrons. The van der Waals surface area contributed by atoms with Crippen molar-refractivity contribution in [3.63, 3.8) is 0 Å². The summed E-state index contributed by atoms with van der Waals surface area (Å²) in [5.74, 6) is 0. The quantitative estimate of drug-likeness (QED) is 0.651. The monoisotopic (exact) mass is 193 g/mol. The lowest BCUT2D eigenvalue weighted by Gasteiger charge is -2.01. The van der Waals surface area contributed by atoms with Crippen LogP contribution in [-0.2, 0) is 0 Å². The molecule has 0 aliphatic heterocycles. The average molecular weight is 194 g/mol. The largest absolute Gasteiger partial charge is 0.242 e. The first-order valence-electron chi connectivity index (χ1n) is 3.89. The molecule has 0 N–H and O–H groups in total. The highest BCUT2D eigenvalue weighted by molar-refractivity contribution is 6.31. The number of rotatable bonds is 1. The first-order chi connectivity index (χ1) is 6.27. The number of nitrogens with zero attached hydrogens (tertiary/aromatic N) is 3. The Balaban J connectivity index is 2.52. The lowest BCUT2D eigenvalue weighted by atomic mass is 10.4. The van der Waals surface area contributed by atoms with Gasteiger partial charge in [0, 0.05) is 12.4 Å². The van der Waals surface area contributed by atoms with Gasteiger partial charge < -0.3 is 0 Å². The molecule has 3 nitrogen and oxygen atoms in total. The van der Waals surface area contributed by atoms with E-state index in [1.165, 1.54) is 0 Å².